The Bertz CT molecular complexity index is 506. The van der Waals surface area contributed by atoms with Crippen molar-refractivity contribution in [2.75, 3.05) is 0 Å². The molecule has 0 aromatic heterocycles. The standard InChI is InChI=1S/C14H12BrFO2/c15-12-5-11(6-13(16)7-12)9-18-14-3-1-10(8-17)2-4-14/h1-7,17H,8-9H2. The summed E-state index contributed by atoms with van der Waals surface area (Å²) in [4.78, 5) is 0. The van der Waals surface area contributed by atoms with Crippen LogP contribution in [-0.4, -0.2) is 5.11 Å². The fourth-order valence-corrected chi connectivity index (χ4v) is 2.06. The van der Waals surface area contributed by atoms with Gasteiger partial charge in [0.05, 0.1) is 6.61 Å². The van der Waals surface area contributed by atoms with Crippen molar-refractivity contribution in [3.63, 3.8) is 0 Å². The van der Waals surface area contributed by atoms with E-state index in [2.05, 4.69) is 15.9 Å². The predicted octanol–water partition coefficient (Wildman–Crippen LogP) is 3.66. The summed E-state index contributed by atoms with van der Waals surface area (Å²) >= 11 is 3.23. The van der Waals surface area contributed by atoms with E-state index in [0.29, 0.717) is 16.8 Å². The van der Waals surface area contributed by atoms with Gasteiger partial charge in [-0.2, -0.15) is 0 Å². The summed E-state index contributed by atoms with van der Waals surface area (Å²) in [7, 11) is 0. The van der Waals surface area contributed by atoms with Crippen LogP contribution in [0.1, 0.15) is 11.1 Å². The second-order valence-electron chi connectivity index (χ2n) is 3.87. The third-order valence-corrected chi connectivity index (χ3v) is 2.89. The monoisotopic (exact) mass is 310 g/mol. The second-order valence-corrected chi connectivity index (χ2v) is 4.78. The molecule has 0 saturated carbocycles. The molecule has 18 heavy (non-hydrogen) atoms. The van der Waals surface area contributed by atoms with Gasteiger partial charge in [-0.3, -0.25) is 0 Å². The van der Waals surface area contributed by atoms with Crippen molar-refractivity contribution in [2.24, 2.45) is 0 Å². The Morgan fingerprint density at radius 2 is 1.78 bits per heavy atom. The predicted molar refractivity (Wildman–Crippen MR) is 70.8 cm³/mol. The van der Waals surface area contributed by atoms with Crippen molar-refractivity contribution >= 4 is 15.9 Å². The number of aliphatic hydroxyl groups excluding tert-OH is 1. The van der Waals surface area contributed by atoms with Gasteiger partial charge < -0.3 is 9.84 Å². The molecule has 2 aromatic rings. The van der Waals surface area contributed by atoms with Gasteiger partial charge in [0.25, 0.3) is 0 Å². The fourth-order valence-electron chi connectivity index (χ4n) is 1.55. The highest BCUT2D eigenvalue weighted by Gasteiger charge is 2.01. The van der Waals surface area contributed by atoms with Crippen molar-refractivity contribution in [2.45, 2.75) is 13.2 Å². The second kappa shape index (κ2) is 5.98. The number of benzene rings is 2. The SMILES string of the molecule is OCc1ccc(OCc2cc(F)cc(Br)c2)cc1. The molecule has 0 aliphatic rings. The molecule has 0 aliphatic carbocycles. The van der Waals surface area contributed by atoms with Gasteiger partial charge in [-0.15, -0.1) is 0 Å². The van der Waals surface area contributed by atoms with Gasteiger partial charge in [0.2, 0.25) is 0 Å². The average molecular weight is 311 g/mol. The Morgan fingerprint density at radius 3 is 2.39 bits per heavy atom. The van der Waals surface area contributed by atoms with Gasteiger partial charge in [-0.05, 0) is 41.5 Å². The molecule has 0 radical (unpaired) electrons. The van der Waals surface area contributed by atoms with Crippen LogP contribution in [-0.2, 0) is 13.2 Å². The topological polar surface area (TPSA) is 29.5 Å². The summed E-state index contributed by atoms with van der Waals surface area (Å²) in [6.45, 7) is 0.311. The Kier molecular flexibility index (Phi) is 4.33. The van der Waals surface area contributed by atoms with E-state index in [0.717, 1.165) is 11.1 Å². The van der Waals surface area contributed by atoms with E-state index in [4.69, 9.17) is 9.84 Å². The quantitative estimate of drug-likeness (QED) is 0.934. The highest BCUT2D eigenvalue weighted by molar-refractivity contribution is 9.10. The van der Waals surface area contributed by atoms with Gasteiger partial charge in [-0.1, -0.05) is 28.1 Å². The van der Waals surface area contributed by atoms with Crippen LogP contribution < -0.4 is 4.74 Å². The van der Waals surface area contributed by atoms with Crippen LogP contribution in [0.15, 0.2) is 46.9 Å². The lowest BCUT2D eigenvalue weighted by atomic mass is 10.2. The zero-order valence-electron chi connectivity index (χ0n) is 9.57. The molecule has 1 N–H and O–H groups in total. The van der Waals surface area contributed by atoms with Crippen molar-refractivity contribution in [1.29, 1.82) is 0 Å². The summed E-state index contributed by atoms with van der Waals surface area (Å²) in [6, 6.07) is 11.8. The molecule has 0 fully saturated rings. The normalized spacial score (nSPS) is 10.4. The van der Waals surface area contributed by atoms with Gasteiger partial charge in [0, 0.05) is 4.47 Å². The molecule has 0 amide bonds. The molecule has 0 unspecified atom stereocenters. The van der Waals surface area contributed by atoms with E-state index < -0.39 is 0 Å². The van der Waals surface area contributed by atoms with Gasteiger partial charge >= 0.3 is 0 Å². The zero-order valence-corrected chi connectivity index (χ0v) is 11.2. The molecule has 2 nitrogen and oxygen atoms in total. The van der Waals surface area contributed by atoms with E-state index in [-0.39, 0.29) is 12.4 Å². The van der Waals surface area contributed by atoms with E-state index in [1.165, 1.54) is 12.1 Å². The molecule has 0 spiro atoms. The van der Waals surface area contributed by atoms with Crippen LogP contribution in [0.25, 0.3) is 0 Å². The first-order chi connectivity index (χ1) is 8.67. The van der Waals surface area contributed by atoms with E-state index >= 15 is 0 Å². The summed E-state index contributed by atoms with van der Waals surface area (Å²) < 4.78 is 19.4. The molecule has 94 valence electrons. The van der Waals surface area contributed by atoms with Crippen molar-refractivity contribution in [1.82, 2.24) is 0 Å². The Labute approximate surface area is 113 Å². The van der Waals surface area contributed by atoms with Crippen molar-refractivity contribution in [3.05, 3.63) is 63.9 Å². The third-order valence-electron chi connectivity index (χ3n) is 2.43. The first-order valence-electron chi connectivity index (χ1n) is 5.45. The first-order valence-corrected chi connectivity index (χ1v) is 6.24. The fraction of sp³-hybridized carbons (Fsp3) is 0.143. The Hall–Kier alpha value is -1.39. The Balaban J connectivity index is 2.01. The third kappa shape index (κ3) is 3.55. The van der Waals surface area contributed by atoms with E-state index in [1.807, 2.05) is 6.07 Å². The number of hydrogen-bond acceptors (Lipinski definition) is 2. The van der Waals surface area contributed by atoms with Gasteiger partial charge in [0.1, 0.15) is 18.2 Å². The molecule has 0 atom stereocenters. The maximum absolute atomic E-state index is 13.1. The summed E-state index contributed by atoms with van der Waals surface area (Å²) in [5.41, 5.74) is 1.59. The summed E-state index contributed by atoms with van der Waals surface area (Å²) in [5.74, 6) is 0.395. The van der Waals surface area contributed by atoms with Crippen LogP contribution in [0.3, 0.4) is 0 Å². The molecular weight excluding hydrogens is 299 g/mol. The maximum Gasteiger partial charge on any atom is 0.124 e. The number of ether oxygens (including phenoxy) is 1. The molecule has 0 aliphatic heterocycles. The number of hydrogen-bond donors (Lipinski definition) is 1. The highest BCUT2D eigenvalue weighted by Crippen LogP contribution is 2.18. The number of aliphatic hydroxyl groups is 1. The summed E-state index contributed by atoms with van der Waals surface area (Å²) in [6.07, 6.45) is 0. The molecule has 0 bridgehead atoms. The van der Waals surface area contributed by atoms with Gasteiger partial charge in [0.15, 0.2) is 0 Å². The van der Waals surface area contributed by atoms with Crippen molar-refractivity contribution in [3.8, 4) is 5.75 Å². The average Bonchev–Trinajstić information content (AvgIpc) is 2.36. The van der Waals surface area contributed by atoms with Crippen LogP contribution in [0, 0.1) is 5.82 Å². The molecule has 2 rings (SSSR count). The first kappa shape index (κ1) is 13.1. The smallest absolute Gasteiger partial charge is 0.124 e. The van der Waals surface area contributed by atoms with Crippen LogP contribution >= 0.6 is 15.9 Å². The minimum Gasteiger partial charge on any atom is -0.489 e. The highest BCUT2D eigenvalue weighted by atomic mass is 79.9. The molecular formula is C14H12BrFO2. The maximum atomic E-state index is 13.1. The number of halogens is 2. The summed E-state index contributed by atoms with van der Waals surface area (Å²) in [5, 5.41) is 8.91. The minimum atomic E-state index is -0.293. The lowest BCUT2D eigenvalue weighted by Gasteiger charge is -2.07. The van der Waals surface area contributed by atoms with Gasteiger partial charge in [-0.25, -0.2) is 4.39 Å². The molecule has 2 aromatic carbocycles. The minimum absolute atomic E-state index is 0.0110. The van der Waals surface area contributed by atoms with Crippen molar-refractivity contribution < 1.29 is 14.2 Å². The Morgan fingerprint density at radius 1 is 1.06 bits per heavy atom. The molecule has 0 heterocycles. The van der Waals surface area contributed by atoms with Crippen LogP contribution in [0.2, 0.25) is 0 Å². The number of rotatable bonds is 4. The van der Waals surface area contributed by atoms with Crippen LogP contribution in [0.4, 0.5) is 4.39 Å². The zero-order chi connectivity index (χ0) is 13.0. The molecule has 4 heteroatoms. The largest absolute Gasteiger partial charge is 0.489 e. The lowest BCUT2D eigenvalue weighted by molar-refractivity contribution is 0.280. The lowest BCUT2D eigenvalue weighted by Crippen LogP contribution is -1.96. The van der Waals surface area contributed by atoms with E-state index in [9.17, 15) is 4.39 Å². The van der Waals surface area contributed by atoms with Crippen LogP contribution in [0.5, 0.6) is 5.75 Å². The molecule has 0 saturated heterocycles. The van der Waals surface area contributed by atoms with E-state index in [1.54, 1.807) is 24.3 Å².